The van der Waals surface area contributed by atoms with E-state index in [-0.39, 0.29) is 11.4 Å². The second-order valence-electron chi connectivity index (χ2n) is 4.27. The van der Waals surface area contributed by atoms with Gasteiger partial charge in [-0.3, -0.25) is 0 Å². The minimum absolute atomic E-state index is 0.227. The van der Waals surface area contributed by atoms with E-state index in [1.807, 2.05) is 0 Å². The molecule has 0 aromatic heterocycles. The molecule has 92 valence electrons. The van der Waals surface area contributed by atoms with Gasteiger partial charge in [0.1, 0.15) is 5.82 Å². The molecule has 0 radical (unpaired) electrons. The van der Waals surface area contributed by atoms with E-state index < -0.39 is 5.97 Å². The van der Waals surface area contributed by atoms with Crippen molar-refractivity contribution in [2.75, 3.05) is 0 Å². The third kappa shape index (κ3) is 2.12. The lowest BCUT2D eigenvalue weighted by atomic mass is 9.93. The van der Waals surface area contributed by atoms with Crippen molar-refractivity contribution < 1.29 is 14.3 Å². The van der Waals surface area contributed by atoms with E-state index in [4.69, 9.17) is 5.11 Å². The van der Waals surface area contributed by atoms with Crippen LogP contribution in [-0.4, -0.2) is 11.1 Å². The first-order valence-electron chi connectivity index (χ1n) is 5.60. The van der Waals surface area contributed by atoms with Gasteiger partial charge in [-0.15, -0.1) is 0 Å². The Balaban J connectivity index is 2.67. The van der Waals surface area contributed by atoms with E-state index in [1.165, 1.54) is 6.07 Å². The van der Waals surface area contributed by atoms with Crippen LogP contribution in [0.2, 0.25) is 0 Å². The average molecular weight is 244 g/mol. The van der Waals surface area contributed by atoms with Crippen molar-refractivity contribution in [3.05, 3.63) is 58.9 Å². The summed E-state index contributed by atoms with van der Waals surface area (Å²) < 4.78 is 13.8. The van der Waals surface area contributed by atoms with E-state index in [2.05, 4.69) is 0 Å². The number of halogens is 1. The highest BCUT2D eigenvalue weighted by Gasteiger charge is 2.13. The molecule has 0 saturated carbocycles. The quantitative estimate of drug-likeness (QED) is 0.872. The number of hydrogen-bond acceptors (Lipinski definition) is 1. The highest BCUT2D eigenvalue weighted by atomic mass is 19.1. The number of aromatic carboxylic acids is 1. The Morgan fingerprint density at radius 2 is 1.67 bits per heavy atom. The molecule has 0 aliphatic heterocycles. The lowest BCUT2D eigenvalue weighted by Gasteiger charge is -2.12. The van der Waals surface area contributed by atoms with Gasteiger partial charge in [0.2, 0.25) is 0 Å². The van der Waals surface area contributed by atoms with Crippen LogP contribution < -0.4 is 0 Å². The van der Waals surface area contributed by atoms with Gasteiger partial charge in [0, 0.05) is 5.56 Å². The molecule has 2 rings (SSSR count). The van der Waals surface area contributed by atoms with E-state index in [9.17, 15) is 9.18 Å². The predicted octanol–water partition coefficient (Wildman–Crippen LogP) is 3.81. The average Bonchev–Trinajstić information content (AvgIpc) is 2.30. The van der Waals surface area contributed by atoms with Gasteiger partial charge in [-0.05, 0) is 48.7 Å². The largest absolute Gasteiger partial charge is 0.478 e. The summed E-state index contributed by atoms with van der Waals surface area (Å²) >= 11 is 0. The standard InChI is InChI=1S/C15H13FO2/c1-9-7-11(15(17)18)8-10(2)14(9)12-5-3-4-6-13(12)16/h3-8H,1-2H3,(H,17,18). The zero-order valence-corrected chi connectivity index (χ0v) is 10.2. The summed E-state index contributed by atoms with van der Waals surface area (Å²) in [6.07, 6.45) is 0. The predicted molar refractivity (Wildman–Crippen MR) is 68.3 cm³/mol. The molecule has 2 nitrogen and oxygen atoms in total. The molecule has 2 aromatic rings. The van der Waals surface area contributed by atoms with Gasteiger partial charge in [-0.2, -0.15) is 0 Å². The summed E-state index contributed by atoms with van der Waals surface area (Å²) in [6, 6.07) is 9.64. The van der Waals surface area contributed by atoms with Crippen molar-refractivity contribution in [2.45, 2.75) is 13.8 Å². The molecule has 2 aromatic carbocycles. The normalized spacial score (nSPS) is 10.4. The molecular formula is C15H13FO2. The van der Waals surface area contributed by atoms with Crippen LogP contribution in [0.25, 0.3) is 11.1 Å². The number of carboxylic acid groups (broad SMARTS) is 1. The van der Waals surface area contributed by atoms with Gasteiger partial charge >= 0.3 is 5.97 Å². The molecule has 0 aliphatic rings. The second-order valence-corrected chi connectivity index (χ2v) is 4.27. The minimum atomic E-state index is -0.971. The van der Waals surface area contributed by atoms with E-state index in [0.29, 0.717) is 5.56 Å². The van der Waals surface area contributed by atoms with E-state index >= 15 is 0 Å². The summed E-state index contributed by atoms with van der Waals surface area (Å²) in [6.45, 7) is 3.59. The van der Waals surface area contributed by atoms with E-state index in [0.717, 1.165) is 16.7 Å². The van der Waals surface area contributed by atoms with Crippen LogP contribution in [0.1, 0.15) is 21.5 Å². The lowest BCUT2D eigenvalue weighted by Crippen LogP contribution is -2.00. The monoisotopic (exact) mass is 244 g/mol. The molecule has 0 unspecified atom stereocenters. The van der Waals surface area contributed by atoms with Crippen molar-refractivity contribution in [1.29, 1.82) is 0 Å². The third-order valence-corrected chi connectivity index (χ3v) is 2.92. The van der Waals surface area contributed by atoms with Crippen LogP contribution in [0, 0.1) is 19.7 Å². The van der Waals surface area contributed by atoms with Gasteiger partial charge in [0.05, 0.1) is 5.56 Å². The molecule has 0 heterocycles. The summed E-state index contributed by atoms with van der Waals surface area (Å²) in [5, 5.41) is 8.98. The molecule has 0 bridgehead atoms. The molecular weight excluding hydrogens is 231 g/mol. The Morgan fingerprint density at radius 1 is 1.11 bits per heavy atom. The summed E-state index contributed by atoms with van der Waals surface area (Å²) in [7, 11) is 0. The Kier molecular flexibility index (Phi) is 3.15. The number of rotatable bonds is 2. The fourth-order valence-electron chi connectivity index (χ4n) is 2.18. The number of carbonyl (C=O) groups is 1. The number of hydrogen-bond donors (Lipinski definition) is 1. The lowest BCUT2D eigenvalue weighted by molar-refractivity contribution is 0.0696. The highest BCUT2D eigenvalue weighted by Crippen LogP contribution is 2.30. The fraction of sp³-hybridized carbons (Fsp3) is 0.133. The number of benzene rings is 2. The number of aryl methyl sites for hydroxylation is 2. The van der Waals surface area contributed by atoms with Crippen molar-refractivity contribution in [3.8, 4) is 11.1 Å². The van der Waals surface area contributed by atoms with Crippen molar-refractivity contribution >= 4 is 5.97 Å². The topological polar surface area (TPSA) is 37.3 Å². The van der Waals surface area contributed by atoms with Crippen LogP contribution in [0.3, 0.4) is 0 Å². The van der Waals surface area contributed by atoms with Gasteiger partial charge in [-0.25, -0.2) is 9.18 Å². The maximum atomic E-state index is 13.8. The second kappa shape index (κ2) is 4.61. The van der Waals surface area contributed by atoms with Gasteiger partial charge < -0.3 is 5.11 Å². The smallest absolute Gasteiger partial charge is 0.335 e. The maximum Gasteiger partial charge on any atom is 0.335 e. The molecule has 0 aliphatic carbocycles. The third-order valence-electron chi connectivity index (χ3n) is 2.92. The fourth-order valence-corrected chi connectivity index (χ4v) is 2.18. The van der Waals surface area contributed by atoms with Crippen LogP contribution in [0.4, 0.5) is 4.39 Å². The van der Waals surface area contributed by atoms with Crippen LogP contribution in [0.5, 0.6) is 0 Å². The molecule has 1 N–H and O–H groups in total. The minimum Gasteiger partial charge on any atom is -0.478 e. The van der Waals surface area contributed by atoms with Gasteiger partial charge in [-0.1, -0.05) is 18.2 Å². The Morgan fingerprint density at radius 3 is 2.17 bits per heavy atom. The summed E-state index contributed by atoms with van der Waals surface area (Å²) in [4.78, 5) is 10.9. The van der Waals surface area contributed by atoms with Gasteiger partial charge in [0.25, 0.3) is 0 Å². The van der Waals surface area contributed by atoms with Crippen LogP contribution in [0.15, 0.2) is 36.4 Å². The molecule has 3 heteroatoms. The van der Waals surface area contributed by atoms with Crippen molar-refractivity contribution in [1.82, 2.24) is 0 Å². The van der Waals surface area contributed by atoms with Gasteiger partial charge in [0.15, 0.2) is 0 Å². The van der Waals surface area contributed by atoms with Crippen LogP contribution in [-0.2, 0) is 0 Å². The molecule has 0 fully saturated rings. The zero-order chi connectivity index (χ0) is 13.3. The molecule has 0 spiro atoms. The van der Waals surface area contributed by atoms with Crippen LogP contribution >= 0.6 is 0 Å². The Bertz CT molecular complexity index is 595. The van der Waals surface area contributed by atoms with Crippen molar-refractivity contribution in [3.63, 3.8) is 0 Å². The first kappa shape index (κ1) is 12.3. The Hall–Kier alpha value is -2.16. The molecule has 0 atom stereocenters. The van der Waals surface area contributed by atoms with E-state index in [1.54, 1.807) is 44.2 Å². The maximum absolute atomic E-state index is 13.8. The highest BCUT2D eigenvalue weighted by molar-refractivity contribution is 5.89. The SMILES string of the molecule is Cc1cc(C(=O)O)cc(C)c1-c1ccccc1F. The first-order valence-corrected chi connectivity index (χ1v) is 5.60. The summed E-state index contributed by atoms with van der Waals surface area (Å²) in [5.41, 5.74) is 3.02. The first-order chi connectivity index (χ1) is 8.50. The summed E-state index contributed by atoms with van der Waals surface area (Å²) in [5.74, 6) is -1.27. The van der Waals surface area contributed by atoms with Crippen molar-refractivity contribution in [2.24, 2.45) is 0 Å². The number of carboxylic acids is 1. The molecule has 18 heavy (non-hydrogen) atoms. The molecule has 0 amide bonds. The Labute approximate surface area is 105 Å². The molecule has 0 saturated heterocycles. The zero-order valence-electron chi connectivity index (χ0n) is 10.2.